The van der Waals surface area contributed by atoms with Crippen LogP contribution in [0, 0.1) is 6.92 Å². The van der Waals surface area contributed by atoms with E-state index >= 15 is 0 Å². The van der Waals surface area contributed by atoms with E-state index in [4.69, 9.17) is 9.72 Å². The smallest absolute Gasteiger partial charge is 0.135 e. The average molecular weight is 340 g/mol. The number of benzene rings is 1. The van der Waals surface area contributed by atoms with E-state index in [0.717, 1.165) is 41.7 Å². The normalized spacial score (nSPS) is 17.0. The Labute approximate surface area is 145 Å². The molecule has 0 amide bonds. The van der Waals surface area contributed by atoms with Crippen molar-refractivity contribution in [3.05, 3.63) is 58.4 Å². The van der Waals surface area contributed by atoms with Crippen LogP contribution in [0.3, 0.4) is 0 Å². The zero-order valence-corrected chi connectivity index (χ0v) is 14.4. The van der Waals surface area contributed by atoms with Crippen molar-refractivity contribution in [1.82, 2.24) is 19.9 Å². The van der Waals surface area contributed by atoms with Crippen LogP contribution in [-0.2, 0) is 24.4 Å². The molecule has 0 aliphatic carbocycles. The highest BCUT2D eigenvalue weighted by molar-refractivity contribution is 7.09. The Bertz CT molecular complexity index is 795. The summed E-state index contributed by atoms with van der Waals surface area (Å²) in [6.45, 7) is 5.10. The zero-order chi connectivity index (χ0) is 16.4. The molecule has 24 heavy (non-hydrogen) atoms. The molecule has 0 bridgehead atoms. The molecule has 1 aliphatic heterocycles. The molecule has 0 fully saturated rings. The molecule has 1 atom stereocenters. The fourth-order valence-corrected chi connectivity index (χ4v) is 3.45. The molecule has 0 saturated carbocycles. The summed E-state index contributed by atoms with van der Waals surface area (Å²) in [4.78, 5) is 8.99. The van der Waals surface area contributed by atoms with E-state index in [0.29, 0.717) is 6.61 Å². The van der Waals surface area contributed by atoms with Crippen LogP contribution < -0.4 is 5.32 Å². The van der Waals surface area contributed by atoms with Crippen LogP contribution in [-0.4, -0.2) is 27.2 Å². The van der Waals surface area contributed by atoms with E-state index in [1.165, 1.54) is 5.56 Å². The molecule has 0 radical (unpaired) electrons. The number of ether oxygens (including phenoxy) is 1. The number of imidazole rings is 1. The Morgan fingerprint density at radius 3 is 3.00 bits per heavy atom. The lowest BCUT2D eigenvalue weighted by Crippen LogP contribution is -2.35. The van der Waals surface area contributed by atoms with Gasteiger partial charge in [0, 0.05) is 36.4 Å². The van der Waals surface area contributed by atoms with E-state index in [1.54, 1.807) is 11.3 Å². The third-order valence-corrected chi connectivity index (χ3v) is 4.97. The highest BCUT2D eigenvalue weighted by Crippen LogP contribution is 2.22. The molecule has 6 heteroatoms. The predicted molar refractivity (Wildman–Crippen MR) is 94.8 cm³/mol. The Morgan fingerprint density at radius 2 is 2.21 bits per heavy atom. The van der Waals surface area contributed by atoms with Crippen molar-refractivity contribution in [2.45, 2.75) is 32.7 Å². The summed E-state index contributed by atoms with van der Waals surface area (Å²) in [5.74, 6) is 1.00. The fourth-order valence-electron chi connectivity index (χ4n) is 2.86. The number of hydrogen-bond donors (Lipinski definition) is 1. The minimum Gasteiger partial charge on any atom is -0.367 e. The molecule has 3 heterocycles. The minimum absolute atomic E-state index is 0.164. The molecule has 0 unspecified atom stereocenters. The van der Waals surface area contributed by atoms with Crippen LogP contribution in [0.5, 0.6) is 0 Å². The maximum absolute atomic E-state index is 5.93. The lowest BCUT2D eigenvalue weighted by molar-refractivity contribution is 0.00278. The summed E-state index contributed by atoms with van der Waals surface area (Å²) < 4.78 is 8.15. The first kappa shape index (κ1) is 15.5. The van der Waals surface area contributed by atoms with Crippen LogP contribution in [0.25, 0.3) is 11.3 Å². The van der Waals surface area contributed by atoms with Crippen molar-refractivity contribution in [2.24, 2.45) is 0 Å². The van der Waals surface area contributed by atoms with Gasteiger partial charge in [0.2, 0.25) is 0 Å². The molecule has 4 rings (SSSR count). The van der Waals surface area contributed by atoms with Crippen molar-refractivity contribution < 1.29 is 4.74 Å². The number of nitrogens with zero attached hydrogens (tertiary/aromatic N) is 3. The van der Waals surface area contributed by atoms with Gasteiger partial charge >= 0.3 is 0 Å². The van der Waals surface area contributed by atoms with E-state index < -0.39 is 0 Å². The lowest BCUT2D eigenvalue weighted by atomic mass is 10.1. The fraction of sp³-hybridized carbons (Fsp3) is 0.333. The van der Waals surface area contributed by atoms with Crippen LogP contribution in [0.4, 0.5) is 0 Å². The monoisotopic (exact) mass is 340 g/mol. The number of aromatic nitrogens is 3. The second-order valence-electron chi connectivity index (χ2n) is 6.05. The van der Waals surface area contributed by atoms with Crippen molar-refractivity contribution in [3.63, 3.8) is 0 Å². The highest BCUT2D eigenvalue weighted by atomic mass is 32.1. The largest absolute Gasteiger partial charge is 0.367 e. The average Bonchev–Trinajstić information content (AvgIpc) is 3.24. The Hall–Kier alpha value is -2.02. The number of rotatable bonds is 5. The minimum atomic E-state index is 0.164. The van der Waals surface area contributed by atoms with Gasteiger partial charge in [0.15, 0.2) is 0 Å². The van der Waals surface area contributed by atoms with Gasteiger partial charge in [-0.15, -0.1) is 11.3 Å². The molecule has 5 nitrogen and oxygen atoms in total. The molecule has 2 aromatic heterocycles. The quantitative estimate of drug-likeness (QED) is 0.776. The summed E-state index contributed by atoms with van der Waals surface area (Å²) >= 11 is 1.67. The summed E-state index contributed by atoms with van der Waals surface area (Å²) in [6, 6.07) is 8.49. The van der Waals surface area contributed by atoms with E-state index in [9.17, 15) is 0 Å². The van der Waals surface area contributed by atoms with Gasteiger partial charge in [-0.2, -0.15) is 0 Å². The van der Waals surface area contributed by atoms with Gasteiger partial charge in [0.1, 0.15) is 17.4 Å². The predicted octanol–water partition coefficient (Wildman–Crippen LogP) is 3.00. The van der Waals surface area contributed by atoms with E-state index in [2.05, 4.69) is 52.3 Å². The number of hydrogen-bond acceptors (Lipinski definition) is 5. The maximum Gasteiger partial charge on any atom is 0.135 e. The molecule has 3 aromatic rings. The lowest BCUT2D eigenvalue weighted by Gasteiger charge is -2.24. The van der Waals surface area contributed by atoms with Gasteiger partial charge in [-0.05, 0) is 6.92 Å². The summed E-state index contributed by atoms with van der Waals surface area (Å²) in [5, 5.41) is 6.53. The van der Waals surface area contributed by atoms with Crippen LogP contribution in [0.1, 0.15) is 16.4 Å². The van der Waals surface area contributed by atoms with Crippen molar-refractivity contribution in [3.8, 4) is 11.3 Å². The highest BCUT2D eigenvalue weighted by Gasteiger charge is 2.21. The van der Waals surface area contributed by atoms with Gasteiger partial charge < -0.3 is 14.6 Å². The summed E-state index contributed by atoms with van der Waals surface area (Å²) in [6.07, 6.45) is 4.14. The maximum atomic E-state index is 5.93. The standard InChI is InChI=1S/C18H20N4OS/c1-13-2-4-14(5-3-13)16-11-22-10-15(23-12-17(22)21-16)8-19-9-18-20-6-7-24-18/h2-7,11,15,19H,8-10,12H2,1H3/t15-/m0/s1. The van der Waals surface area contributed by atoms with Crippen LogP contribution in [0.2, 0.25) is 0 Å². The van der Waals surface area contributed by atoms with E-state index in [-0.39, 0.29) is 6.10 Å². The molecule has 0 spiro atoms. The molecule has 1 aromatic carbocycles. The number of thiazole rings is 1. The molecule has 1 N–H and O–H groups in total. The van der Waals surface area contributed by atoms with Gasteiger partial charge in [0.25, 0.3) is 0 Å². The molecule has 1 aliphatic rings. The Kier molecular flexibility index (Phi) is 4.42. The Balaban J connectivity index is 1.39. The van der Waals surface area contributed by atoms with Crippen molar-refractivity contribution >= 4 is 11.3 Å². The molecule has 0 saturated heterocycles. The van der Waals surface area contributed by atoms with Gasteiger partial charge in [-0.25, -0.2) is 9.97 Å². The van der Waals surface area contributed by atoms with Crippen molar-refractivity contribution in [1.29, 1.82) is 0 Å². The van der Waals surface area contributed by atoms with Gasteiger partial charge in [0.05, 0.1) is 18.3 Å². The van der Waals surface area contributed by atoms with Crippen LogP contribution >= 0.6 is 11.3 Å². The third-order valence-electron chi connectivity index (χ3n) is 4.19. The van der Waals surface area contributed by atoms with Crippen molar-refractivity contribution in [2.75, 3.05) is 6.54 Å². The molecule has 124 valence electrons. The second kappa shape index (κ2) is 6.84. The zero-order valence-electron chi connectivity index (χ0n) is 13.6. The first-order valence-corrected chi connectivity index (χ1v) is 8.99. The topological polar surface area (TPSA) is 52.0 Å². The Morgan fingerprint density at radius 1 is 1.33 bits per heavy atom. The van der Waals surface area contributed by atoms with Gasteiger partial charge in [-0.3, -0.25) is 0 Å². The molecular weight excluding hydrogens is 320 g/mol. The first-order valence-electron chi connectivity index (χ1n) is 8.12. The third kappa shape index (κ3) is 3.40. The summed E-state index contributed by atoms with van der Waals surface area (Å²) in [7, 11) is 0. The number of fused-ring (bicyclic) bond motifs is 1. The number of aryl methyl sites for hydroxylation is 1. The second-order valence-corrected chi connectivity index (χ2v) is 7.03. The summed E-state index contributed by atoms with van der Waals surface area (Å²) in [5.41, 5.74) is 3.43. The first-order chi connectivity index (χ1) is 11.8. The SMILES string of the molecule is Cc1ccc(-c2cn3c(n2)CO[C@@H](CNCc2nccs2)C3)cc1. The van der Waals surface area contributed by atoms with Gasteiger partial charge in [-0.1, -0.05) is 29.8 Å². The number of nitrogens with one attached hydrogen (secondary N) is 1. The van der Waals surface area contributed by atoms with Crippen LogP contribution in [0.15, 0.2) is 42.0 Å². The molecular formula is C18H20N4OS. The van der Waals surface area contributed by atoms with E-state index in [1.807, 2.05) is 11.6 Å².